The smallest absolute Gasteiger partial charge is 0.406 e. The van der Waals surface area contributed by atoms with Crippen molar-refractivity contribution < 1.29 is 22.7 Å². The maximum Gasteiger partial charge on any atom is 0.573 e. The molecule has 6 heteroatoms. The summed E-state index contributed by atoms with van der Waals surface area (Å²) in [4.78, 5) is 11.7. The van der Waals surface area contributed by atoms with Crippen LogP contribution in [0.5, 0.6) is 5.75 Å². The summed E-state index contributed by atoms with van der Waals surface area (Å²) in [7, 11) is 0. The minimum absolute atomic E-state index is 0.183. The maximum atomic E-state index is 12.1. The Morgan fingerprint density at radius 2 is 2.11 bits per heavy atom. The van der Waals surface area contributed by atoms with Crippen LogP contribution in [0.4, 0.5) is 18.9 Å². The Kier molecular flexibility index (Phi) is 5.20. The summed E-state index contributed by atoms with van der Waals surface area (Å²) in [6.45, 7) is 3.73. The monoisotopic (exact) mass is 275 g/mol. The number of carbonyl (C=O) groups is 1. The molecular formula is C13H16F3NO2. The first-order chi connectivity index (χ1) is 8.81. The average Bonchev–Trinajstić information content (AvgIpc) is 2.27. The number of ether oxygens (including phenoxy) is 1. The summed E-state index contributed by atoms with van der Waals surface area (Å²) in [5, 5.41) is 2.57. The van der Waals surface area contributed by atoms with Gasteiger partial charge in [0.2, 0.25) is 5.91 Å². The second kappa shape index (κ2) is 6.45. The number of carbonyl (C=O) groups excluding carboxylic acids is 1. The molecule has 106 valence electrons. The molecule has 1 atom stereocenters. The third-order valence-corrected chi connectivity index (χ3v) is 2.50. The molecule has 1 amide bonds. The van der Waals surface area contributed by atoms with Crippen LogP contribution >= 0.6 is 0 Å². The number of amides is 1. The second-order valence-corrected chi connectivity index (χ2v) is 4.25. The van der Waals surface area contributed by atoms with Gasteiger partial charge >= 0.3 is 6.36 Å². The lowest BCUT2D eigenvalue weighted by molar-refractivity contribution is -0.274. The van der Waals surface area contributed by atoms with Crippen molar-refractivity contribution in [2.45, 2.75) is 33.1 Å². The Balaban J connectivity index is 2.69. The van der Waals surface area contributed by atoms with Gasteiger partial charge in [0.25, 0.3) is 0 Å². The summed E-state index contributed by atoms with van der Waals surface area (Å²) in [5.41, 5.74) is 0.287. The number of nitrogens with one attached hydrogen (secondary N) is 1. The molecule has 0 aliphatic heterocycles. The molecule has 3 nitrogen and oxygen atoms in total. The first kappa shape index (κ1) is 15.3. The van der Waals surface area contributed by atoms with E-state index in [2.05, 4.69) is 10.1 Å². The Bertz CT molecular complexity index is 432. The van der Waals surface area contributed by atoms with Crippen molar-refractivity contribution in [3.05, 3.63) is 24.3 Å². The van der Waals surface area contributed by atoms with E-state index in [1.54, 1.807) is 6.92 Å². The average molecular weight is 275 g/mol. The van der Waals surface area contributed by atoms with Crippen LogP contribution in [0.1, 0.15) is 26.7 Å². The Labute approximate surface area is 109 Å². The van der Waals surface area contributed by atoms with E-state index in [-0.39, 0.29) is 23.3 Å². The van der Waals surface area contributed by atoms with Crippen molar-refractivity contribution in [2.75, 3.05) is 5.32 Å². The van der Waals surface area contributed by atoms with Gasteiger partial charge in [-0.3, -0.25) is 4.79 Å². The van der Waals surface area contributed by atoms with E-state index in [1.807, 2.05) is 6.92 Å². The highest BCUT2D eigenvalue weighted by molar-refractivity contribution is 5.92. The molecule has 1 rings (SSSR count). The molecule has 1 N–H and O–H groups in total. The fourth-order valence-electron chi connectivity index (χ4n) is 1.60. The molecule has 1 aromatic carbocycles. The molecule has 0 saturated heterocycles. The van der Waals surface area contributed by atoms with Gasteiger partial charge in [-0.15, -0.1) is 13.2 Å². The van der Waals surface area contributed by atoms with Gasteiger partial charge in [-0.2, -0.15) is 0 Å². The van der Waals surface area contributed by atoms with Crippen molar-refractivity contribution in [2.24, 2.45) is 5.92 Å². The standard InChI is InChI=1S/C13H16F3NO2/c1-3-5-9(2)12(18)17-10-6-4-7-11(8-10)19-13(14,15)16/h4,6-9H,3,5H2,1-2H3,(H,17,18). The van der Waals surface area contributed by atoms with Crippen molar-refractivity contribution >= 4 is 11.6 Å². The number of anilines is 1. The molecular weight excluding hydrogens is 259 g/mol. The molecule has 0 spiro atoms. The zero-order valence-corrected chi connectivity index (χ0v) is 10.8. The van der Waals surface area contributed by atoms with Crippen LogP contribution < -0.4 is 10.1 Å². The molecule has 0 fully saturated rings. The second-order valence-electron chi connectivity index (χ2n) is 4.25. The highest BCUT2D eigenvalue weighted by Gasteiger charge is 2.31. The highest BCUT2D eigenvalue weighted by atomic mass is 19.4. The Morgan fingerprint density at radius 3 is 2.68 bits per heavy atom. The third kappa shape index (κ3) is 5.63. The number of halogens is 3. The number of rotatable bonds is 5. The molecule has 19 heavy (non-hydrogen) atoms. The van der Waals surface area contributed by atoms with Gasteiger partial charge in [-0.25, -0.2) is 0 Å². The summed E-state index contributed by atoms with van der Waals surface area (Å²) in [5.74, 6) is -0.753. The van der Waals surface area contributed by atoms with E-state index >= 15 is 0 Å². The Hall–Kier alpha value is -1.72. The molecule has 0 aliphatic carbocycles. The van der Waals surface area contributed by atoms with Crippen LogP contribution in [0.2, 0.25) is 0 Å². The number of benzene rings is 1. The predicted octanol–water partition coefficient (Wildman–Crippen LogP) is 3.96. The summed E-state index contributed by atoms with van der Waals surface area (Å²) in [6.07, 6.45) is -3.14. The van der Waals surface area contributed by atoms with E-state index in [4.69, 9.17) is 0 Å². The fraction of sp³-hybridized carbons (Fsp3) is 0.462. The van der Waals surface area contributed by atoms with Gasteiger partial charge in [0.1, 0.15) is 5.75 Å². The molecule has 1 unspecified atom stereocenters. The van der Waals surface area contributed by atoms with Gasteiger partial charge in [-0.1, -0.05) is 26.3 Å². The van der Waals surface area contributed by atoms with Crippen molar-refractivity contribution in [1.29, 1.82) is 0 Å². The van der Waals surface area contributed by atoms with Crippen LogP contribution in [0.25, 0.3) is 0 Å². The van der Waals surface area contributed by atoms with Crippen molar-refractivity contribution in [3.8, 4) is 5.75 Å². The fourth-order valence-corrected chi connectivity index (χ4v) is 1.60. The van der Waals surface area contributed by atoms with E-state index in [0.717, 1.165) is 18.9 Å². The number of hydrogen-bond donors (Lipinski definition) is 1. The first-order valence-electron chi connectivity index (χ1n) is 5.98. The van der Waals surface area contributed by atoms with E-state index in [1.165, 1.54) is 18.2 Å². The minimum atomic E-state index is -4.74. The molecule has 0 radical (unpaired) electrons. The highest BCUT2D eigenvalue weighted by Crippen LogP contribution is 2.25. The summed E-state index contributed by atoms with van der Waals surface area (Å²) >= 11 is 0. The number of hydrogen-bond acceptors (Lipinski definition) is 2. The van der Waals surface area contributed by atoms with Crippen LogP contribution in [-0.4, -0.2) is 12.3 Å². The largest absolute Gasteiger partial charge is 0.573 e. The number of alkyl halides is 3. The predicted molar refractivity (Wildman–Crippen MR) is 65.8 cm³/mol. The SMILES string of the molecule is CCCC(C)C(=O)Nc1cccc(OC(F)(F)F)c1. The van der Waals surface area contributed by atoms with E-state index < -0.39 is 6.36 Å². The molecule has 0 heterocycles. The zero-order chi connectivity index (χ0) is 14.5. The van der Waals surface area contributed by atoms with Gasteiger partial charge in [0.15, 0.2) is 0 Å². The van der Waals surface area contributed by atoms with Gasteiger partial charge in [0, 0.05) is 17.7 Å². The lowest BCUT2D eigenvalue weighted by Crippen LogP contribution is -2.20. The normalized spacial score (nSPS) is 12.9. The zero-order valence-electron chi connectivity index (χ0n) is 10.8. The third-order valence-electron chi connectivity index (χ3n) is 2.50. The van der Waals surface area contributed by atoms with E-state index in [9.17, 15) is 18.0 Å². The van der Waals surface area contributed by atoms with Crippen LogP contribution in [0.3, 0.4) is 0 Å². The molecule has 0 aliphatic rings. The van der Waals surface area contributed by atoms with Crippen molar-refractivity contribution in [3.63, 3.8) is 0 Å². The Morgan fingerprint density at radius 1 is 1.42 bits per heavy atom. The lowest BCUT2D eigenvalue weighted by atomic mass is 10.1. The van der Waals surface area contributed by atoms with Crippen LogP contribution in [0.15, 0.2) is 24.3 Å². The van der Waals surface area contributed by atoms with Gasteiger partial charge in [0.05, 0.1) is 0 Å². The molecule has 0 saturated carbocycles. The minimum Gasteiger partial charge on any atom is -0.406 e. The van der Waals surface area contributed by atoms with E-state index in [0.29, 0.717) is 0 Å². The van der Waals surface area contributed by atoms with Gasteiger partial charge < -0.3 is 10.1 Å². The summed E-state index contributed by atoms with van der Waals surface area (Å²) in [6, 6.07) is 5.23. The first-order valence-corrected chi connectivity index (χ1v) is 5.98. The van der Waals surface area contributed by atoms with Crippen LogP contribution in [0, 0.1) is 5.92 Å². The van der Waals surface area contributed by atoms with Crippen LogP contribution in [-0.2, 0) is 4.79 Å². The molecule has 0 bridgehead atoms. The summed E-state index contributed by atoms with van der Waals surface area (Å²) < 4.78 is 39.9. The quantitative estimate of drug-likeness (QED) is 0.883. The maximum absolute atomic E-state index is 12.1. The lowest BCUT2D eigenvalue weighted by Gasteiger charge is -2.13. The van der Waals surface area contributed by atoms with Gasteiger partial charge in [-0.05, 0) is 18.6 Å². The molecule has 0 aromatic heterocycles. The topological polar surface area (TPSA) is 38.3 Å². The van der Waals surface area contributed by atoms with Crippen molar-refractivity contribution in [1.82, 2.24) is 0 Å². The molecule has 1 aromatic rings.